The van der Waals surface area contributed by atoms with Gasteiger partial charge in [0.2, 0.25) is 0 Å². The molecule has 1 rings (SSSR count). The van der Waals surface area contributed by atoms with Crippen molar-refractivity contribution >= 4 is 5.97 Å². The zero-order chi connectivity index (χ0) is 16.2. The predicted molar refractivity (Wildman–Crippen MR) is 82.9 cm³/mol. The Morgan fingerprint density at radius 2 is 2.14 bits per heavy atom. The maximum atomic E-state index is 11.5. The second-order valence-electron chi connectivity index (χ2n) is 6.71. The Hall–Kier alpha value is -0.870. The molecule has 0 aromatic heterocycles. The van der Waals surface area contributed by atoms with Gasteiger partial charge in [-0.2, -0.15) is 0 Å². The van der Waals surface area contributed by atoms with E-state index in [1.165, 1.54) is 12.7 Å². The van der Waals surface area contributed by atoms with Gasteiger partial charge in [-0.25, -0.2) is 0 Å². The Balaban J connectivity index is 2.58. The van der Waals surface area contributed by atoms with Crippen molar-refractivity contribution in [2.75, 3.05) is 7.11 Å². The summed E-state index contributed by atoms with van der Waals surface area (Å²) in [6.07, 6.45) is 4.43. The summed E-state index contributed by atoms with van der Waals surface area (Å²) >= 11 is 0. The van der Waals surface area contributed by atoms with Crippen LogP contribution in [-0.4, -0.2) is 36.0 Å². The van der Waals surface area contributed by atoms with E-state index in [0.29, 0.717) is 5.92 Å². The fraction of sp³-hybridized carbons (Fsp3) is 0.824. The lowest BCUT2D eigenvalue weighted by atomic mass is 9.86. The molecule has 0 aliphatic carbocycles. The molecule has 122 valence electrons. The molecule has 4 heteroatoms. The zero-order valence-electron chi connectivity index (χ0n) is 14.2. The summed E-state index contributed by atoms with van der Waals surface area (Å²) in [5, 5.41) is 10.1. The van der Waals surface area contributed by atoms with Gasteiger partial charge in [0.05, 0.1) is 30.8 Å². The summed E-state index contributed by atoms with van der Waals surface area (Å²) in [5.74, 6) is 0.0351. The smallest absolute Gasteiger partial charge is 0.308 e. The highest BCUT2D eigenvalue weighted by molar-refractivity contribution is 5.71. The van der Waals surface area contributed by atoms with E-state index in [9.17, 15) is 9.90 Å². The van der Waals surface area contributed by atoms with Crippen LogP contribution in [0, 0.1) is 11.8 Å². The van der Waals surface area contributed by atoms with Crippen molar-refractivity contribution in [2.45, 2.75) is 71.7 Å². The van der Waals surface area contributed by atoms with Gasteiger partial charge in [-0.15, -0.1) is 0 Å². The number of hydrogen-bond acceptors (Lipinski definition) is 4. The van der Waals surface area contributed by atoms with Gasteiger partial charge >= 0.3 is 5.97 Å². The molecule has 5 atom stereocenters. The van der Waals surface area contributed by atoms with E-state index in [1.54, 1.807) is 0 Å². The number of allylic oxidation sites excluding steroid dienone is 1. The highest BCUT2D eigenvalue weighted by Crippen LogP contribution is 2.32. The second-order valence-corrected chi connectivity index (χ2v) is 6.71. The minimum Gasteiger partial charge on any atom is -0.469 e. The molecule has 0 aromatic rings. The topological polar surface area (TPSA) is 55.8 Å². The third-order valence-corrected chi connectivity index (χ3v) is 4.54. The first kappa shape index (κ1) is 18.2. The van der Waals surface area contributed by atoms with Crippen LogP contribution in [0.25, 0.3) is 0 Å². The first-order valence-corrected chi connectivity index (χ1v) is 7.81. The molecule has 4 nitrogen and oxygen atoms in total. The molecule has 0 spiro atoms. The maximum absolute atomic E-state index is 11.5. The van der Waals surface area contributed by atoms with E-state index in [1.807, 2.05) is 20.8 Å². The molecule has 1 saturated heterocycles. The largest absolute Gasteiger partial charge is 0.469 e. The Kier molecular flexibility index (Phi) is 6.41. The zero-order valence-corrected chi connectivity index (χ0v) is 14.2. The van der Waals surface area contributed by atoms with E-state index in [2.05, 4.69) is 19.9 Å². The highest BCUT2D eigenvalue weighted by Gasteiger charge is 2.36. The number of methoxy groups -OCH3 is 1. The first-order chi connectivity index (χ1) is 9.67. The predicted octanol–water partition coefficient (Wildman–Crippen LogP) is 3.09. The third-order valence-electron chi connectivity index (χ3n) is 4.54. The van der Waals surface area contributed by atoms with E-state index in [-0.39, 0.29) is 24.1 Å². The third kappa shape index (κ3) is 5.11. The number of carbonyl (C=O) groups excluding carboxylic acids is 1. The summed E-state index contributed by atoms with van der Waals surface area (Å²) < 4.78 is 10.7. The molecule has 0 bridgehead atoms. The lowest BCUT2D eigenvalue weighted by Crippen LogP contribution is -2.46. The average molecular weight is 298 g/mol. The molecule has 0 saturated carbocycles. The van der Waals surface area contributed by atoms with Crippen LogP contribution < -0.4 is 0 Å². The van der Waals surface area contributed by atoms with Crippen LogP contribution in [-0.2, 0) is 14.3 Å². The van der Waals surface area contributed by atoms with Crippen LogP contribution in [0.4, 0.5) is 0 Å². The van der Waals surface area contributed by atoms with Gasteiger partial charge in [0.1, 0.15) is 0 Å². The van der Waals surface area contributed by atoms with Crippen molar-refractivity contribution in [3.05, 3.63) is 11.6 Å². The first-order valence-electron chi connectivity index (χ1n) is 7.81. The standard InChI is InChI=1S/C17H30O4/c1-11(10-13(3)16(18)20-6)9-12(2)15-7-8-17(5,19)14(4)21-15/h9,11,13-15,19H,7-8,10H2,1-6H3/b12-9+/t11-,13-,14-,15+,17-/m1/s1. The summed E-state index contributed by atoms with van der Waals surface area (Å²) in [5.41, 5.74) is 0.448. The van der Waals surface area contributed by atoms with Crippen LogP contribution in [0.3, 0.4) is 0 Å². The molecule has 21 heavy (non-hydrogen) atoms. The second kappa shape index (κ2) is 7.41. The quantitative estimate of drug-likeness (QED) is 0.626. The summed E-state index contributed by atoms with van der Waals surface area (Å²) in [7, 11) is 1.42. The molecule has 0 amide bonds. The SMILES string of the molecule is COC(=O)[C@H](C)C[C@H](C)/C=C(\C)[C@@H]1CC[C@@](C)(O)[C@@H](C)O1. The number of esters is 1. The number of hydrogen-bond donors (Lipinski definition) is 1. The lowest BCUT2D eigenvalue weighted by Gasteiger charge is -2.39. The van der Waals surface area contributed by atoms with Gasteiger partial charge in [-0.05, 0) is 51.5 Å². The fourth-order valence-corrected chi connectivity index (χ4v) is 2.90. The van der Waals surface area contributed by atoms with E-state index in [0.717, 1.165) is 19.3 Å². The molecular weight excluding hydrogens is 268 g/mol. The van der Waals surface area contributed by atoms with Gasteiger partial charge in [-0.1, -0.05) is 19.9 Å². The monoisotopic (exact) mass is 298 g/mol. The molecule has 1 N–H and O–H groups in total. The van der Waals surface area contributed by atoms with Gasteiger partial charge < -0.3 is 14.6 Å². The molecule has 0 radical (unpaired) electrons. The minimum atomic E-state index is -0.734. The molecule has 1 fully saturated rings. The van der Waals surface area contributed by atoms with E-state index in [4.69, 9.17) is 9.47 Å². The van der Waals surface area contributed by atoms with E-state index < -0.39 is 5.60 Å². The van der Waals surface area contributed by atoms with Gasteiger partial charge in [0.15, 0.2) is 0 Å². The number of carbonyl (C=O) groups is 1. The van der Waals surface area contributed by atoms with Crippen molar-refractivity contribution < 1.29 is 19.4 Å². The van der Waals surface area contributed by atoms with Crippen LogP contribution in [0.15, 0.2) is 11.6 Å². The fourth-order valence-electron chi connectivity index (χ4n) is 2.90. The lowest BCUT2D eigenvalue weighted by molar-refractivity contribution is -0.149. The van der Waals surface area contributed by atoms with Crippen LogP contribution >= 0.6 is 0 Å². The Morgan fingerprint density at radius 3 is 2.67 bits per heavy atom. The van der Waals surface area contributed by atoms with Gasteiger partial charge in [0.25, 0.3) is 0 Å². The average Bonchev–Trinajstić information content (AvgIpc) is 2.40. The molecule has 0 unspecified atom stereocenters. The van der Waals surface area contributed by atoms with Crippen molar-refractivity contribution in [1.82, 2.24) is 0 Å². The van der Waals surface area contributed by atoms with Crippen molar-refractivity contribution in [2.24, 2.45) is 11.8 Å². The van der Waals surface area contributed by atoms with Crippen molar-refractivity contribution in [1.29, 1.82) is 0 Å². The van der Waals surface area contributed by atoms with Crippen LogP contribution in [0.1, 0.15) is 53.9 Å². The van der Waals surface area contributed by atoms with Gasteiger partial charge in [0, 0.05) is 0 Å². The number of aliphatic hydroxyl groups is 1. The molecular formula is C17H30O4. The number of rotatable bonds is 5. The Labute approximate surface area is 128 Å². The van der Waals surface area contributed by atoms with Crippen molar-refractivity contribution in [3.8, 4) is 0 Å². The van der Waals surface area contributed by atoms with Crippen LogP contribution in [0.2, 0.25) is 0 Å². The van der Waals surface area contributed by atoms with Gasteiger partial charge in [-0.3, -0.25) is 4.79 Å². The summed E-state index contributed by atoms with van der Waals surface area (Å²) in [6.45, 7) is 9.81. The summed E-state index contributed by atoms with van der Waals surface area (Å²) in [4.78, 5) is 11.5. The maximum Gasteiger partial charge on any atom is 0.308 e. The minimum absolute atomic E-state index is 0.0658. The van der Waals surface area contributed by atoms with Crippen molar-refractivity contribution in [3.63, 3.8) is 0 Å². The molecule has 1 heterocycles. The van der Waals surface area contributed by atoms with E-state index >= 15 is 0 Å². The molecule has 1 aliphatic heterocycles. The molecule has 1 aliphatic rings. The number of ether oxygens (including phenoxy) is 2. The molecule has 0 aromatic carbocycles. The Morgan fingerprint density at radius 1 is 1.52 bits per heavy atom. The highest BCUT2D eigenvalue weighted by atomic mass is 16.5. The Bertz CT molecular complexity index is 386. The normalized spacial score (nSPS) is 33.4. The van der Waals surface area contributed by atoms with Crippen LogP contribution in [0.5, 0.6) is 0 Å². The summed E-state index contributed by atoms with van der Waals surface area (Å²) in [6, 6.07) is 0.